The van der Waals surface area contributed by atoms with Gasteiger partial charge in [-0.3, -0.25) is 14.4 Å². The Morgan fingerprint density at radius 1 is 0.967 bits per heavy atom. The van der Waals surface area contributed by atoms with Gasteiger partial charge in [-0.25, -0.2) is 0 Å². The van der Waals surface area contributed by atoms with Gasteiger partial charge in [0.15, 0.2) is 0 Å². The molecule has 2 aromatic rings. The fourth-order valence-electron chi connectivity index (χ4n) is 2.95. The summed E-state index contributed by atoms with van der Waals surface area (Å²) in [4.78, 5) is 38.8. The van der Waals surface area contributed by atoms with E-state index < -0.39 is 0 Å². The summed E-state index contributed by atoms with van der Waals surface area (Å²) in [7, 11) is 7.43. The third-order valence-electron chi connectivity index (χ3n) is 4.46. The number of anilines is 2. The molecule has 0 spiro atoms. The summed E-state index contributed by atoms with van der Waals surface area (Å²) < 4.78 is 3.29. The molecule has 0 aromatic carbocycles. The lowest BCUT2D eigenvalue weighted by Gasteiger charge is -2.10. The predicted octanol–water partition coefficient (Wildman–Crippen LogP) is 0.585. The summed E-state index contributed by atoms with van der Waals surface area (Å²) in [5.41, 5.74) is 7.23. The highest BCUT2D eigenvalue weighted by atomic mass is 16.2. The molecule has 2 heterocycles. The van der Waals surface area contributed by atoms with Crippen molar-refractivity contribution in [1.82, 2.24) is 19.4 Å². The molecule has 0 radical (unpaired) electrons. The number of amides is 3. The maximum absolute atomic E-state index is 12.6. The molecule has 0 aliphatic carbocycles. The van der Waals surface area contributed by atoms with Crippen molar-refractivity contribution in [1.29, 1.82) is 0 Å². The van der Waals surface area contributed by atoms with Crippen molar-refractivity contribution in [3.05, 3.63) is 35.9 Å². The molecule has 164 valence electrons. The van der Waals surface area contributed by atoms with E-state index in [0.717, 1.165) is 13.0 Å². The number of rotatable bonds is 10. The number of nitrogens with two attached hydrogens (primary N) is 1. The molecular formula is C20H31N7O3. The number of aryl methyl sites for hydroxylation is 2. The highest BCUT2D eigenvalue weighted by molar-refractivity contribution is 6.05. The second kappa shape index (κ2) is 10.6. The fourth-order valence-corrected chi connectivity index (χ4v) is 2.95. The van der Waals surface area contributed by atoms with Crippen LogP contribution in [0.2, 0.25) is 0 Å². The minimum absolute atomic E-state index is 0.194. The Morgan fingerprint density at radius 3 is 2.10 bits per heavy atom. The molecule has 2 rings (SSSR count). The number of nitrogens with one attached hydrogen (secondary N) is 3. The topological polar surface area (TPSA) is 126 Å². The number of hydrogen-bond acceptors (Lipinski definition) is 5. The van der Waals surface area contributed by atoms with Crippen molar-refractivity contribution in [2.45, 2.75) is 12.8 Å². The van der Waals surface area contributed by atoms with Gasteiger partial charge in [0.05, 0.1) is 11.4 Å². The van der Waals surface area contributed by atoms with Crippen LogP contribution in [0.25, 0.3) is 0 Å². The van der Waals surface area contributed by atoms with E-state index in [1.807, 2.05) is 14.1 Å². The first kappa shape index (κ1) is 23.2. The van der Waals surface area contributed by atoms with Crippen molar-refractivity contribution >= 4 is 29.1 Å². The lowest BCUT2D eigenvalue weighted by molar-refractivity contribution is -0.116. The van der Waals surface area contributed by atoms with Crippen molar-refractivity contribution in [2.24, 2.45) is 19.8 Å². The van der Waals surface area contributed by atoms with Crippen LogP contribution in [0.15, 0.2) is 24.5 Å². The van der Waals surface area contributed by atoms with Crippen LogP contribution in [0.5, 0.6) is 0 Å². The van der Waals surface area contributed by atoms with E-state index in [1.54, 1.807) is 47.8 Å². The third kappa shape index (κ3) is 6.46. The van der Waals surface area contributed by atoms with Crippen LogP contribution in [-0.4, -0.2) is 65.5 Å². The standard InChI is InChI=1S/C20H31N7O3/c1-25(2)9-5-8-22-19(29)16-11-15(13-26(16)3)24-20(30)17-10-14(12-27(17)4)23-18(28)6-7-21/h10-13H,5-9,21H2,1-4H3,(H,22,29)(H,23,28)(H,24,30). The van der Waals surface area contributed by atoms with Crippen molar-refractivity contribution < 1.29 is 14.4 Å². The number of hydrogen-bond donors (Lipinski definition) is 4. The Morgan fingerprint density at radius 2 is 1.53 bits per heavy atom. The molecule has 2 aromatic heterocycles. The van der Waals surface area contributed by atoms with E-state index in [4.69, 9.17) is 5.73 Å². The molecule has 0 unspecified atom stereocenters. The van der Waals surface area contributed by atoms with Crippen molar-refractivity contribution in [3.63, 3.8) is 0 Å². The maximum atomic E-state index is 12.6. The summed E-state index contributed by atoms with van der Waals surface area (Å²) in [5, 5.41) is 8.37. The van der Waals surface area contributed by atoms with E-state index in [2.05, 4.69) is 20.9 Å². The zero-order valence-corrected chi connectivity index (χ0v) is 18.0. The minimum Gasteiger partial charge on any atom is -0.351 e. The normalized spacial score (nSPS) is 10.9. The lowest BCUT2D eigenvalue weighted by atomic mass is 10.3. The van der Waals surface area contributed by atoms with Gasteiger partial charge in [0.2, 0.25) is 5.91 Å². The monoisotopic (exact) mass is 417 g/mol. The van der Waals surface area contributed by atoms with Gasteiger partial charge in [-0.2, -0.15) is 0 Å². The summed E-state index contributed by atoms with van der Waals surface area (Å²) in [5.74, 6) is -0.750. The number of nitrogens with zero attached hydrogens (tertiary/aromatic N) is 3. The largest absolute Gasteiger partial charge is 0.351 e. The summed E-state index contributed by atoms with van der Waals surface area (Å²) in [6.45, 7) is 1.72. The third-order valence-corrected chi connectivity index (χ3v) is 4.46. The Kier molecular flexibility index (Phi) is 8.19. The number of carbonyl (C=O) groups is 3. The maximum Gasteiger partial charge on any atom is 0.272 e. The van der Waals surface area contributed by atoms with Gasteiger partial charge in [-0.05, 0) is 39.2 Å². The first-order chi connectivity index (χ1) is 14.2. The van der Waals surface area contributed by atoms with Crippen LogP contribution in [0.1, 0.15) is 33.8 Å². The summed E-state index contributed by atoms with van der Waals surface area (Å²) in [6, 6.07) is 3.22. The fraction of sp³-hybridized carbons (Fsp3) is 0.450. The average Bonchev–Trinajstić information content (AvgIpc) is 3.20. The van der Waals surface area contributed by atoms with E-state index in [-0.39, 0.29) is 30.7 Å². The zero-order valence-electron chi connectivity index (χ0n) is 18.0. The molecule has 10 nitrogen and oxygen atoms in total. The Hall–Kier alpha value is -3.11. The van der Waals surface area contributed by atoms with Crippen LogP contribution >= 0.6 is 0 Å². The Bertz CT molecular complexity index is 898. The SMILES string of the molecule is CN(C)CCCNC(=O)c1cc(NC(=O)c2cc(NC(=O)CCN)cn2C)cn1C. The highest BCUT2D eigenvalue weighted by Gasteiger charge is 2.16. The Balaban J connectivity index is 1.99. The molecule has 0 aliphatic heterocycles. The van der Waals surface area contributed by atoms with Crippen molar-refractivity contribution in [3.8, 4) is 0 Å². The summed E-state index contributed by atoms with van der Waals surface area (Å²) >= 11 is 0. The van der Waals surface area contributed by atoms with Gasteiger partial charge >= 0.3 is 0 Å². The first-order valence-corrected chi connectivity index (χ1v) is 9.78. The van der Waals surface area contributed by atoms with Crippen LogP contribution < -0.4 is 21.7 Å². The average molecular weight is 418 g/mol. The first-order valence-electron chi connectivity index (χ1n) is 9.78. The molecule has 0 saturated carbocycles. The molecule has 0 saturated heterocycles. The van der Waals surface area contributed by atoms with E-state index >= 15 is 0 Å². The molecule has 0 atom stereocenters. The van der Waals surface area contributed by atoms with Crippen LogP contribution in [0.3, 0.4) is 0 Å². The second-order valence-electron chi connectivity index (χ2n) is 7.40. The van der Waals surface area contributed by atoms with E-state index in [0.29, 0.717) is 29.3 Å². The number of aromatic nitrogens is 2. The smallest absolute Gasteiger partial charge is 0.272 e. The molecule has 0 bridgehead atoms. The minimum atomic E-state index is -0.347. The molecule has 3 amide bonds. The molecule has 0 fully saturated rings. The van der Waals surface area contributed by atoms with E-state index in [1.165, 1.54) is 0 Å². The van der Waals surface area contributed by atoms with Crippen molar-refractivity contribution in [2.75, 3.05) is 44.4 Å². The second-order valence-corrected chi connectivity index (χ2v) is 7.40. The van der Waals surface area contributed by atoms with Gasteiger partial charge in [-0.1, -0.05) is 0 Å². The van der Waals surface area contributed by atoms with Gasteiger partial charge < -0.3 is 35.7 Å². The van der Waals surface area contributed by atoms with Gasteiger partial charge in [0, 0.05) is 46.0 Å². The Labute approximate surface area is 176 Å². The lowest BCUT2D eigenvalue weighted by Crippen LogP contribution is -2.28. The van der Waals surface area contributed by atoms with Gasteiger partial charge in [0.1, 0.15) is 11.4 Å². The van der Waals surface area contributed by atoms with E-state index in [9.17, 15) is 14.4 Å². The number of carbonyl (C=O) groups excluding carboxylic acids is 3. The molecule has 30 heavy (non-hydrogen) atoms. The molecule has 10 heteroatoms. The highest BCUT2D eigenvalue weighted by Crippen LogP contribution is 2.17. The van der Waals surface area contributed by atoms with Crippen LogP contribution in [0, 0.1) is 0 Å². The predicted molar refractivity (Wildman–Crippen MR) is 117 cm³/mol. The zero-order chi connectivity index (χ0) is 22.3. The molecular weight excluding hydrogens is 386 g/mol. The van der Waals surface area contributed by atoms with Crippen LogP contribution in [0.4, 0.5) is 11.4 Å². The summed E-state index contributed by atoms with van der Waals surface area (Å²) in [6.07, 6.45) is 4.39. The van der Waals surface area contributed by atoms with Gasteiger partial charge in [-0.15, -0.1) is 0 Å². The molecule has 0 aliphatic rings. The van der Waals surface area contributed by atoms with Gasteiger partial charge in [0.25, 0.3) is 11.8 Å². The van der Waals surface area contributed by atoms with Crippen LogP contribution in [-0.2, 0) is 18.9 Å². The quantitative estimate of drug-likeness (QED) is 0.421. The molecule has 5 N–H and O–H groups in total.